The zero-order valence-electron chi connectivity index (χ0n) is 9.78. The quantitative estimate of drug-likeness (QED) is 0.833. The number of hydrogen-bond acceptors (Lipinski definition) is 3. The molecule has 0 unspecified atom stereocenters. The number of nitrogens with one attached hydrogen (secondary N) is 1. The zero-order valence-corrected chi connectivity index (χ0v) is 9.78. The number of rotatable bonds is 6. The summed E-state index contributed by atoms with van der Waals surface area (Å²) in [5, 5.41) is 2.52. The molecule has 0 radical (unpaired) electrons. The van der Waals surface area contributed by atoms with Gasteiger partial charge in [-0.15, -0.1) is 0 Å². The van der Waals surface area contributed by atoms with Crippen molar-refractivity contribution in [3.63, 3.8) is 0 Å². The van der Waals surface area contributed by atoms with Crippen LogP contribution < -0.4 is 5.32 Å². The Labute approximate surface area is 102 Å². The first kappa shape index (κ1) is 14.5. The molecular weight excluding hydrogens is 251 g/mol. The van der Waals surface area contributed by atoms with Gasteiger partial charge >= 0.3 is 6.18 Å². The van der Waals surface area contributed by atoms with Gasteiger partial charge in [0.1, 0.15) is 13.2 Å². The molecule has 1 atom stereocenters. The SMILES string of the molecule is C[C@H](Cn1ccnc1)NC(=O)COCC(F)(F)F. The molecule has 5 nitrogen and oxygen atoms in total. The van der Waals surface area contributed by atoms with Gasteiger partial charge in [-0.25, -0.2) is 4.98 Å². The fraction of sp³-hybridized carbons (Fsp3) is 0.600. The number of carbonyl (C=O) groups excluding carboxylic acids is 1. The van der Waals surface area contributed by atoms with E-state index in [1.54, 1.807) is 30.2 Å². The van der Waals surface area contributed by atoms with E-state index in [1.807, 2.05) is 0 Å². The lowest BCUT2D eigenvalue weighted by atomic mass is 10.3. The van der Waals surface area contributed by atoms with Gasteiger partial charge in [-0.2, -0.15) is 13.2 Å². The summed E-state index contributed by atoms with van der Waals surface area (Å²) in [6, 6.07) is -0.221. The molecule has 0 aliphatic carbocycles. The van der Waals surface area contributed by atoms with Gasteiger partial charge in [0, 0.05) is 25.0 Å². The molecule has 0 aliphatic heterocycles. The number of imidazole rings is 1. The average molecular weight is 265 g/mol. The summed E-state index contributed by atoms with van der Waals surface area (Å²) in [7, 11) is 0. The van der Waals surface area contributed by atoms with Gasteiger partial charge in [0.05, 0.1) is 6.33 Å². The number of aromatic nitrogens is 2. The molecule has 102 valence electrons. The number of amides is 1. The number of alkyl halides is 3. The minimum Gasteiger partial charge on any atom is -0.362 e. The summed E-state index contributed by atoms with van der Waals surface area (Å²) >= 11 is 0. The van der Waals surface area contributed by atoms with E-state index in [0.717, 1.165) is 0 Å². The number of hydrogen-bond donors (Lipinski definition) is 1. The van der Waals surface area contributed by atoms with Gasteiger partial charge in [-0.05, 0) is 6.92 Å². The highest BCUT2D eigenvalue weighted by atomic mass is 19.4. The smallest absolute Gasteiger partial charge is 0.362 e. The molecule has 1 heterocycles. The Balaban J connectivity index is 2.19. The number of carbonyl (C=O) groups is 1. The fourth-order valence-electron chi connectivity index (χ4n) is 1.33. The molecule has 1 amide bonds. The summed E-state index contributed by atoms with van der Waals surface area (Å²) in [5.74, 6) is -0.577. The van der Waals surface area contributed by atoms with Crippen LogP contribution >= 0.6 is 0 Å². The van der Waals surface area contributed by atoms with E-state index in [2.05, 4.69) is 15.0 Å². The lowest BCUT2D eigenvalue weighted by Crippen LogP contribution is -2.38. The van der Waals surface area contributed by atoms with Crippen LogP contribution in [-0.4, -0.2) is 40.9 Å². The molecule has 0 bridgehead atoms. The summed E-state index contributed by atoms with van der Waals surface area (Å²) in [6.07, 6.45) is 0.495. The minimum absolute atomic E-state index is 0.221. The van der Waals surface area contributed by atoms with E-state index >= 15 is 0 Å². The molecule has 18 heavy (non-hydrogen) atoms. The summed E-state index contributed by atoms with van der Waals surface area (Å²) in [5.41, 5.74) is 0. The maximum atomic E-state index is 11.8. The summed E-state index contributed by atoms with van der Waals surface area (Å²) < 4.78 is 41.3. The normalized spacial score (nSPS) is 13.3. The van der Waals surface area contributed by atoms with Crippen molar-refractivity contribution >= 4 is 5.91 Å². The molecule has 1 N–H and O–H groups in total. The van der Waals surface area contributed by atoms with Crippen LogP contribution in [-0.2, 0) is 16.1 Å². The Morgan fingerprint density at radius 2 is 2.28 bits per heavy atom. The van der Waals surface area contributed by atoms with Crippen molar-refractivity contribution in [1.82, 2.24) is 14.9 Å². The predicted molar refractivity (Wildman–Crippen MR) is 56.7 cm³/mol. The molecule has 0 aromatic carbocycles. The number of halogens is 3. The van der Waals surface area contributed by atoms with Gasteiger partial charge in [0.15, 0.2) is 0 Å². The number of nitrogens with zero attached hydrogens (tertiary/aromatic N) is 2. The summed E-state index contributed by atoms with van der Waals surface area (Å²) in [4.78, 5) is 15.1. The van der Waals surface area contributed by atoms with Crippen LogP contribution in [0.25, 0.3) is 0 Å². The third-order valence-corrected chi connectivity index (χ3v) is 1.95. The molecule has 0 fully saturated rings. The molecular formula is C10H14F3N3O2. The van der Waals surface area contributed by atoms with Crippen LogP contribution in [0.4, 0.5) is 13.2 Å². The van der Waals surface area contributed by atoms with Crippen LogP contribution in [0.3, 0.4) is 0 Å². The van der Waals surface area contributed by atoms with E-state index in [0.29, 0.717) is 6.54 Å². The Kier molecular flexibility index (Phi) is 5.14. The average Bonchev–Trinajstić information content (AvgIpc) is 2.67. The van der Waals surface area contributed by atoms with Gasteiger partial charge in [0.25, 0.3) is 0 Å². The van der Waals surface area contributed by atoms with Crippen LogP contribution in [0.2, 0.25) is 0 Å². The van der Waals surface area contributed by atoms with Crippen LogP contribution in [0.1, 0.15) is 6.92 Å². The van der Waals surface area contributed by atoms with Crippen molar-refractivity contribution < 1.29 is 22.7 Å². The lowest BCUT2D eigenvalue weighted by Gasteiger charge is -2.14. The topological polar surface area (TPSA) is 56.2 Å². The maximum Gasteiger partial charge on any atom is 0.411 e. The standard InChI is InChI=1S/C10H14F3N3O2/c1-8(4-16-3-2-14-7-16)15-9(17)5-18-6-10(11,12)13/h2-3,7-8H,4-6H2,1H3,(H,15,17)/t8-/m1/s1. The monoisotopic (exact) mass is 265 g/mol. The van der Waals surface area contributed by atoms with Crippen molar-refractivity contribution in [3.05, 3.63) is 18.7 Å². The van der Waals surface area contributed by atoms with Gasteiger partial charge in [-0.1, -0.05) is 0 Å². The second-order valence-electron chi connectivity index (χ2n) is 3.84. The first-order chi connectivity index (χ1) is 8.37. The van der Waals surface area contributed by atoms with Crippen LogP contribution in [0.5, 0.6) is 0 Å². The molecule has 0 saturated heterocycles. The predicted octanol–water partition coefficient (Wildman–Crippen LogP) is 0.967. The highest BCUT2D eigenvalue weighted by Gasteiger charge is 2.27. The van der Waals surface area contributed by atoms with Crippen molar-refractivity contribution in [2.45, 2.75) is 25.7 Å². The third kappa shape index (κ3) is 6.24. The highest BCUT2D eigenvalue weighted by molar-refractivity contribution is 5.77. The van der Waals surface area contributed by atoms with Gasteiger partial charge < -0.3 is 14.6 Å². The highest BCUT2D eigenvalue weighted by Crippen LogP contribution is 2.14. The molecule has 0 aliphatic rings. The van der Waals surface area contributed by atoms with E-state index in [-0.39, 0.29) is 6.04 Å². The Bertz CT molecular complexity index is 365. The molecule has 1 rings (SSSR count). The molecule has 1 aromatic rings. The second kappa shape index (κ2) is 6.39. The molecule has 0 spiro atoms. The summed E-state index contributed by atoms with van der Waals surface area (Å²) in [6.45, 7) is 0.205. The van der Waals surface area contributed by atoms with E-state index in [1.165, 1.54) is 0 Å². The van der Waals surface area contributed by atoms with E-state index in [9.17, 15) is 18.0 Å². The van der Waals surface area contributed by atoms with E-state index in [4.69, 9.17) is 0 Å². The van der Waals surface area contributed by atoms with Crippen molar-refractivity contribution in [2.24, 2.45) is 0 Å². The minimum atomic E-state index is -4.41. The van der Waals surface area contributed by atoms with E-state index < -0.39 is 25.3 Å². The molecule has 0 saturated carbocycles. The Morgan fingerprint density at radius 3 is 2.83 bits per heavy atom. The second-order valence-corrected chi connectivity index (χ2v) is 3.84. The first-order valence-corrected chi connectivity index (χ1v) is 5.26. The van der Waals surface area contributed by atoms with Crippen molar-refractivity contribution in [2.75, 3.05) is 13.2 Å². The lowest BCUT2D eigenvalue weighted by molar-refractivity contribution is -0.175. The molecule has 1 aromatic heterocycles. The first-order valence-electron chi connectivity index (χ1n) is 5.26. The Hall–Kier alpha value is -1.57. The number of ether oxygens (including phenoxy) is 1. The molecule has 8 heteroatoms. The van der Waals surface area contributed by atoms with Gasteiger partial charge in [0.2, 0.25) is 5.91 Å². The Morgan fingerprint density at radius 1 is 1.56 bits per heavy atom. The van der Waals surface area contributed by atoms with Gasteiger partial charge in [-0.3, -0.25) is 4.79 Å². The van der Waals surface area contributed by atoms with Crippen LogP contribution in [0.15, 0.2) is 18.7 Å². The van der Waals surface area contributed by atoms with Crippen molar-refractivity contribution in [3.8, 4) is 0 Å². The largest absolute Gasteiger partial charge is 0.411 e. The third-order valence-electron chi connectivity index (χ3n) is 1.95. The van der Waals surface area contributed by atoms with Crippen LogP contribution in [0, 0.1) is 0 Å². The maximum absolute atomic E-state index is 11.8. The van der Waals surface area contributed by atoms with Crippen molar-refractivity contribution in [1.29, 1.82) is 0 Å². The fourth-order valence-corrected chi connectivity index (χ4v) is 1.33. The zero-order chi connectivity index (χ0) is 13.6.